The van der Waals surface area contributed by atoms with Crippen LogP contribution < -0.4 is 0 Å². The molecule has 0 N–H and O–H groups in total. The third-order valence-electron chi connectivity index (χ3n) is 4.47. The predicted molar refractivity (Wildman–Crippen MR) is 89.9 cm³/mol. The van der Waals surface area contributed by atoms with Gasteiger partial charge in [-0.1, -0.05) is 30.3 Å². The van der Waals surface area contributed by atoms with Crippen LogP contribution in [-0.4, -0.2) is 41.5 Å². The molecule has 1 aromatic carbocycles. The van der Waals surface area contributed by atoms with Crippen molar-refractivity contribution in [3.63, 3.8) is 0 Å². The van der Waals surface area contributed by atoms with Crippen LogP contribution in [0.1, 0.15) is 24.8 Å². The van der Waals surface area contributed by atoms with Crippen molar-refractivity contribution in [2.24, 2.45) is 0 Å². The summed E-state index contributed by atoms with van der Waals surface area (Å²) in [6.07, 6.45) is 2.96. The van der Waals surface area contributed by atoms with Gasteiger partial charge in [-0.15, -0.1) is 0 Å². The van der Waals surface area contributed by atoms with Crippen LogP contribution in [-0.2, 0) is 23.0 Å². The maximum absolute atomic E-state index is 12.8. The molecule has 0 saturated carbocycles. The van der Waals surface area contributed by atoms with E-state index in [-0.39, 0.29) is 10.9 Å². The Hall–Kier alpha value is -1.80. The molecule has 1 fully saturated rings. The summed E-state index contributed by atoms with van der Waals surface area (Å²) in [5.74, 6) is 0. The maximum atomic E-state index is 12.8. The predicted octanol–water partition coefficient (Wildman–Crippen LogP) is 2.93. The molecule has 1 saturated heterocycles. The Morgan fingerprint density at radius 1 is 1.24 bits per heavy atom. The van der Waals surface area contributed by atoms with Crippen molar-refractivity contribution in [2.45, 2.75) is 49.6 Å². The fraction of sp³-hybridized carbons (Fsp3) is 0.471. The summed E-state index contributed by atoms with van der Waals surface area (Å²) < 4.78 is 53.0. The lowest BCUT2D eigenvalue weighted by Gasteiger charge is -2.23. The molecule has 1 atom stereocenters. The van der Waals surface area contributed by atoms with Crippen molar-refractivity contribution >= 4 is 10.0 Å². The molecular formula is C17H21F2N3O2S. The number of hydrogen-bond acceptors (Lipinski definition) is 3. The van der Waals surface area contributed by atoms with E-state index < -0.39 is 23.0 Å². The molecule has 0 spiro atoms. The molecule has 1 unspecified atom stereocenters. The molecule has 136 valence electrons. The molecule has 3 rings (SSSR count). The van der Waals surface area contributed by atoms with E-state index in [2.05, 4.69) is 5.10 Å². The minimum Gasteiger partial charge on any atom is -0.266 e. The Bertz CT molecular complexity index is 793. The normalized spacial score (nSPS) is 18.9. The summed E-state index contributed by atoms with van der Waals surface area (Å²) in [7, 11) is -3.70. The van der Waals surface area contributed by atoms with Gasteiger partial charge in [0.2, 0.25) is 10.0 Å². The van der Waals surface area contributed by atoms with Gasteiger partial charge in [-0.05, 0) is 31.2 Å². The first-order valence-electron chi connectivity index (χ1n) is 8.33. The smallest absolute Gasteiger partial charge is 0.257 e. The second kappa shape index (κ2) is 7.61. The Morgan fingerprint density at radius 2 is 2.00 bits per heavy atom. The lowest BCUT2D eigenvalue weighted by molar-refractivity contribution is 0.121. The summed E-state index contributed by atoms with van der Waals surface area (Å²) in [5, 5.41) is 3.74. The Labute approximate surface area is 146 Å². The van der Waals surface area contributed by atoms with Gasteiger partial charge in [-0.25, -0.2) is 17.2 Å². The summed E-state index contributed by atoms with van der Waals surface area (Å²) in [4.78, 5) is -0.0141. The van der Waals surface area contributed by atoms with E-state index in [1.165, 1.54) is 16.1 Å². The minimum atomic E-state index is -3.70. The third kappa shape index (κ3) is 4.24. The number of nitrogens with zero attached hydrogens (tertiary/aromatic N) is 3. The molecule has 1 aliphatic heterocycles. The summed E-state index contributed by atoms with van der Waals surface area (Å²) >= 11 is 0. The second-order valence-corrected chi connectivity index (χ2v) is 8.12. The highest BCUT2D eigenvalue weighted by Gasteiger charge is 2.35. The number of benzene rings is 1. The van der Waals surface area contributed by atoms with Crippen LogP contribution in [0, 0.1) is 0 Å². The van der Waals surface area contributed by atoms with E-state index in [0.717, 1.165) is 36.6 Å². The van der Waals surface area contributed by atoms with E-state index in [1.54, 1.807) is 0 Å². The zero-order valence-electron chi connectivity index (χ0n) is 13.8. The van der Waals surface area contributed by atoms with Gasteiger partial charge in [-0.3, -0.25) is 4.68 Å². The van der Waals surface area contributed by atoms with Crippen LogP contribution in [0.25, 0.3) is 0 Å². The molecule has 1 aromatic heterocycles. The second-order valence-electron chi connectivity index (χ2n) is 6.23. The highest BCUT2D eigenvalue weighted by atomic mass is 32.2. The number of aryl methyl sites for hydroxylation is 1. The zero-order chi connectivity index (χ0) is 17.9. The molecule has 0 bridgehead atoms. The van der Waals surface area contributed by atoms with Gasteiger partial charge < -0.3 is 0 Å². The highest BCUT2D eigenvalue weighted by molar-refractivity contribution is 7.89. The molecule has 1 aliphatic rings. The van der Waals surface area contributed by atoms with Gasteiger partial charge in [0, 0.05) is 18.8 Å². The number of sulfonamides is 1. The van der Waals surface area contributed by atoms with E-state index in [0.29, 0.717) is 6.54 Å². The zero-order valence-corrected chi connectivity index (χ0v) is 14.6. The average molecular weight is 369 g/mol. The van der Waals surface area contributed by atoms with Crippen molar-refractivity contribution < 1.29 is 17.2 Å². The van der Waals surface area contributed by atoms with Crippen molar-refractivity contribution in [1.82, 2.24) is 14.1 Å². The number of rotatable bonds is 7. The Morgan fingerprint density at radius 3 is 2.72 bits per heavy atom. The van der Waals surface area contributed by atoms with Gasteiger partial charge in [0.25, 0.3) is 6.43 Å². The summed E-state index contributed by atoms with van der Waals surface area (Å²) in [6, 6.07) is 9.88. The standard InChI is InChI=1S/C17H21F2N3O2S/c18-17(19)13-21-12-16(11-20-21)25(23,24)22-10-4-7-15(22)9-8-14-5-2-1-3-6-14/h1-3,5-6,11-12,15,17H,4,7-10,13H2. The van der Waals surface area contributed by atoms with Gasteiger partial charge in [0.15, 0.2) is 0 Å². The van der Waals surface area contributed by atoms with Crippen LogP contribution in [0.2, 0.25) is 0 Å². The van der Waals surface area contributed by atoms with Gasteiger partial charge >= 0.3 is 0 Å². The first kappa shape index (κ1) is 18.0. The molecule has 25 heavy (non-hydrogen) atoms. The van der Waals surface area contributed by atoms with E-state index in [9.17, 15) is 17.2 Å². The highest BCUT2D eigenvalue weighted by Crippen LogP contribution is 2.28. The van der Waals surface area contributed by atoms with Crippen molar-refractivity contribution in [2.75, 3.05) is 6.54 Å². The Balaban J connectivity index is 1.70. The largest absolute Gasteiger partial charge is 0.266 e. The monoisotopic (exact) mass is 369 g/mol. The lowest BCUT2D eigenvalue weighted by atomic mass is 10.0. The summed E-state index contributed by atoms with van der Waals surface area (Å²) in [6.45, 7) is -0.144. The van der Waals surface area contributed by atoms with Crippen molar-refractivity contribution in [3.8, 4) is 0 Å². The molecular weight excluding hydrogens is 348 g/mol. The molecule has 2 heterocycles. The van der Waals surface area contributed by atoms with Gasteiger partial charge in [0.1, 0.15) is 11.4 Å². The molecule has 8 heteroatoms. The number of alkyl halides is 2. The van der Waals surface area contributed by atoms with Crippen molar-refractivity contribution in [3.05, 3.63) is 48.3 Å². The quantitative estimate of drug-likeness (QED) is 0.754. The van der Waals surface area contributed by atoms with Crippen LogP contribution in [0.4, 0.5) is 8.78 Å². The maximum Gasteiger partial charge on any atom is 0.257 e. The number of halogens is 2. The molecule has 2 aromatic rings. The fourth-order valence-corrected chi connectivity index (χ4v) is 4.93. The van der Waals surface area contributed by atoms with Crippen LogP contribution >= 0.6 is 0 Å². The Kier molecular flexibility index (Phi) is 5.48. The molecule has 0 aliphatic carbocycles. The van der Waals surface area contributed by atoms with E-state index >= 15 is 0 Å². The first-order valence-corrected chi connectivity index (χ1v) is 9.77. The van der Waals surface area contributed by atoms with Crippen LogP contribution in [0.3, 0.4) is 0 Å². The topological polar surface area (TPSA) is 55.2 Å². The average Bonchev–Trinajstić information content (AvgIpc) is 3.23. The van der Waals surface area contributed by atoms with Gasteiger partial charge in [-0.2, -0.15) is 9.40 Å². The van der Waals surface area contributed by atoms with Crippen LogP contribution in [0.15, 0.2) is 47.6 Å². The minimum absolute atomic E-state index is 0.0141. The number of aromatic nitrogens is 2. The lowest BCUT2D eigenvalue weighted by Crippen LogP contribution is -2.35. The van der Waals surface area contributed by atoms with E-state index in [1.807, 2.05) is 30.3 Å². The van der Waals surface area contributed by atoms with Crippen LogP contribution in [0.5, 0.6) is 0 Å². The first-order chi connectivity index (χ1) is 12.0. The SMILES string of the molecule is O=S(=O)(c1cnn(CC(F)F)c1)N1CCCC1CCc1ccccc1. The van der Waals surface area contributed by atoms with Gasteiger partial charge in [0.05, 0.1) is 6.20 Å². The summed E-state index contributed by atoms with van der Waals surface area (Å²) in [5.41, 5.74) is 1.18. The molecule has 0 amide bonds. The van der Waals surface area contributed by atoms with Crippen molar-refractivity contribution in [1.29, 1.82) is 0 Å². The molecule has 5 nitrogen and oxygen atoms in total. The third-order valence-corrected chi connectivity index (χ3v) is 6.38. The molecule has 0 radical (unpaired) electrons. The number of hydrogen-bond donors (Lipinski definition) is 0. The van der Waals surface area contributed by atoms with E-state index in [4.69, 9.17) is 0 Å². The fourth-order valence-electron chi connectivity index (χ4n) is 3.25.